The molecule has 21 heavy (non-hydrogen) atoms. The van der Waals surface area contributed by atoms with Crippen LogP contribution in [0.2, 0.25) is 0 Å². The van der Waals surface area contributed by atoms with Gasteiger partial charge in [0.15, 0.2) is 11.6 Å². The highest BCUT2D eigenvalue weighted by molar-refractivity contribution is 5.98. The minimum absolute atomic E-state index is 0.00973. The standard InChI is InChI=1S/C16H17FN2O2/c1-9(2)10-5-3-4-6-14(10)21-15-7-11(16(19)20)13(18)8-12(15)17/h3-9H,18H2,1-2H3,(H2,19,20). The third-order valence-corrected chi connectivity index (χ3v) is 3.13. The van der Waals surface area contributed by atoms with Gasteiger partial charge in [0.05, 0.1) is 5.56 Å². The van der Waals surface area contributed by atoms with Gasteiger partial charge in [0.2, 0.25) is 0 Å². The summed E-state index contributed by atoms with van der Waals surface area (Å²) in [6, 6.07) is 9.60. The first-order chi connectivity index (χ1) is 9.90. The van der Waals surface area contributed by atoms with Crippen molar-refractivity contribution in [1.82, 2.24) is 0 Å². The Labute approximate surface area is 122 Å². The molecule has 1 amide bonds. The van der Waals surface area contributed by atoms with Crippen molar-refractivity contribution in [2.24, 2.45) is 5.73 Å². The van der Waals surface area contributed by atoms with Gasteiger partial charge in [-0.2, -0.15) is 0 Å². The average Bonchev–Trinajstić information content (AvgIpc) is 2.41. The zero-order chi connectivity index (χ0) is 15.6. The van der Waals surface area contributed by atoms with Gasteiger partial charge in [0, 0.05) is 11.8 Å². The van der Waals surface area contributed by atoms with Crippen LogP contribution in [0.1, 0.15) is 35.7 Å². The van der Waals surface area contributed by atoms with Gasteiger partial charge >= 0.3 is 0 Å². The van der Waals surface area contributed by atoms with Crippen LogP contribution in [0, 0.1) is 5.82 Å². The quantitative estimate of drug-likeness (QED) is 0.846. The van der Waals surface area contributed by atoms with Crippen LogP contribution in [0.4, 0.5) is 10.1 Å². The molecule has 0 atom stereocenters. The molecule has 0 aliphatic carbocycles. The van der Waals surface area contributed by atoms with E-state index in [0.717, 1.165) is 11.6 Å². The molecule has 0 aliphatic rings. The van der Waals surface area contributed by atoms with Gasteiger partial charge in [-0.1, -0.05) is 32.0 Å². The Morgan fingerprint density at radius 2 is 1.86 bits per heavy atom. The number of nitrogens with two attached hydrogens (primary N) is 2. The van der Waals surface area contributed by atoms with Gasteiger partial charge < -0.3 is 16.2 Å². The second-order valence-corrected chi connectivity index (χ2v) is 5.03. The average molecular weight is 288 g/mol. The molecular weight excluding hydrogens is 271 g/mol. The Bertz CT molecular complexity index is 684. The molecule has 2 aromatic carbocycles. The van der Waals surface area contributed by atoms with Crippen LogP contribution in [-0.4, -0.2) is 5.91 Å². The number of para-hydroxylation sites is 1. The maximum Gasteiger partial charge on any atom is 0.250 e. The van der Waals surface area contributed by atoms with Crippen molar-refractivity contribution in [2.45, 2.75) is 19.8 Å². The van der Waals surface area contributed by atoms with Gasteiger partial charge in [0.1, 0.15) is 5.75 Å². The molecule has 0 saturated carbocycles. The highest BCUT2D eigenvalue weighted by Gasteiger charge is 2.15. The summed E-state index contributed by atoms with van der Waals surface area (Å²) in [4.78, 5) is 11.3. The molecule has 0 aromatic heterocycles. The van der Waals surface area contributed by atoms with Crippen molar-refractivity contribution in [2.75, 3.05) is 5.73 Å². The van der Waals surface area contributed by atoms with Crippen molar-refractivity contribution < 1.29 is 13.9 Å². The number of amides is 1. The van der Waals surface area contributed by atoms with Crippen LogP contribution in [0.3, 0.4) is 0 Å². The Kier molecular flexibility index (Phi) is 4.12. The van der Waals surface area contributed by atoms with Crippen LogP contribution < -0.4 is 16.2 Å². The van der Waals surface area contributed by atoms with Crippen LogP contribution in [0.15, 0.2) is 36.4 Å². The predicted octanol–water partition coefficient (Wildman–Crippen LogP) is 3.42. The molecular formula is C16H17FN2O2. The molecule has 4 nitrogen and oxygen atoms in total. The lowest BCUT2D eigenvalue weighted by Gasteiger charge is -2.15. The van der Waals surface area contributed by atoms with E-state index in [4.69, 9.17) is 16.2 Å². The number of rotatable bonds is 4. The van der Waals surface area contributed by atoms with E-state index < -0.39 is 11.7 Å². The van der Waals surface area contributed by atoms with Crippen molar-refractivity contribution in [3.05, 3.63) is 53.3 Å². The van der Waals surface area contributed by atoms with E-state index in [1.54, 1.807) is 12.1 Å². The number of benzene rings is 2. The molecule has 2 rings (SSSR count). The lowest BCUT2D eigenvalue weighted by molar-refractivity contribution is 0.100. The van der Waals surface area contributed by atoms with E-state index in [0.29, 0.717) is 5.75 Å². The van der Waals surface area contributed by atoms with Crippen LogP contribution in [0.5, 0.6) is 11.5 Å². The number of carbonyl (C=O) groups is 1. The maximum atomic E-state index is 14.0. The first-order valence-electron chi connectivity index (χ1n) is 6.55. The highest BCUT2D eigenvalue weighted by atomic mass is 19.1. The predicted molar refractivity (Wildman–Crippen MR) is 79.9 cm³/mol. The first-order valence-corrected chi connectivity index (χ1v) is 6.55. The fourth-order valence-electron chi connectivity index (χ4n) is 2.03. The van der Waals surface area contributed by atoms with Crippen molar-refractivity contribution in [1.29, 1.82) is 0 Å². The number of nitrogen functional groups attached to an aromatic ring is 1. The van der Waals surface area contributed by atoms with Gasteiger partial charge in [-0.05, 0) is 23.6 Å². The molecule has 0 heterocycles. The first kappa shape index (κ1) is 14.8. The summed E-state index contributed by atoms with van der Waals surface area (Å²) in [6.07, 6.45) is 0. The molecule has 2 aromatic rings. The summed E-state index contributed by atoms with van der Waals surface area (Å²) in [5.74, 6) is -0.697. The van der Waals surface area contributed by atoms with E-state index in [1.807, 2.05) is 26.0 Å². The number of halogens is 1. The molecule has 0 spiro atoms. The highest BCUT2D eigenvalue weighted by Crippen LogP contribution is 2.33. The number of hydrogen-bond donors (Lipinski definition) is 2. The Morgan fingerprint density at radius 3 is 2.48 bits per heavy atom. The van der Waals surface area contributed by atoms with Gasteiger partial charge in [0.25, 0.3) is 5.91 Å². The fraction of sp³-hybridized carbons (Fsp3) is 0.188. The monoisotopic (exact) mass is 288 g/mol. The maximum absolute atomic E-state index is 14.0. The van der Waals surface area contributed by atoms with Crippen LogP contribution in [-0.2, 0) is 0 Å². The smallest absolute Gasteiger partial charge is 0.250 e. The van der Waals surface area contributed by atoms with Gasteiger partial charge in [-0.15, -0.1) is 0 Å². The second kappa shape index (κ2) is 5.83. The summed E-state index contributed by atoms with van der Waals surface area (Å²) in [5.41, 5.74) is 11.7. The molecule has 0 bridgehead atoms. The van der Waals surface area contributed by atoms with Gasteiger partial charge in [-0.3, -0.25) is 4.79 Å². The minimum Gasteiger partial charge on any atom is -0.454 e. The summed E-state index contributed by atoms with van der Waals surface area (Å²) < 4.78 is 19.6. The van der Waals surface area contributed by atoms with E-state index in [1.165, 1.54) is 6.07 Å². The minimum atomic E-state index is -0.727. The van der Waals surface area contributed by atoms with Crippen LogP contribution in [0.25, 0.3) is 0 Å². The molecule has 0 unspecified atom stereocenters. The van der Waals surface area contributed by atoms with E-state index in [2.05, 4.69) is 0 Å². The molecule has 5 heteroatoms. The number of hydrogen-bond acceptors (Lipinski definition) is 3. The molecule has 4 N–H and O–H groups in total. The summed E-state index contributed by atoms with van der Waals surface area (Å²) >= 11 is 0. The SMILES string of the molecule is CC(C)c1ccccc1Oc1cc(C(N)=O)c(N)cc1F. The van der Waals surface area contributed by atoms with E-state index in [9.17, 15) is 9.18 Å². The lowest BCUT2D eigenvalue weighted by Crippen LogP contribution is -2.14. The van der Waals surface area contributed by atoms with Crippen molar-refractivity contribution in [3.8, 4) is 11.5 Å². The Balaban J connectivity index is 2.45. The largest absolute Gasteiger partial charge is 0.454 e. The third-order valence-electron chi connectivity index (χ3n) is 3.13. The van der Waals surface area contributed by atoms with E-state index >= 15 is 0 Å². The molecule has 110 valence electrons. The molecule has 0 fully saturated rings. The zero-order valence-corrected chi connectivity index (χ0v) is 11.9. The Hall–Kier alpha value is -2.56. The lowest BCUT2D eigenvalue weighted by atomic mass is 10.0. The number of anilines is 1. The number of ether oxygens (including phenoxy) is 1. The summed E-state index contributed by atoms with van der Waals surface area (Å²) in [6.45, 7) is 4.02. The van der Waals surface area contributed by atoms with Crippen molar-refractivity contribution in [3.63, 3.8) is 0 Å². The fourth-order valence-corrected chi connectivity index (χ4v) is 2.03. The van der Waals surface area contributed by atoms with Gasteiger partial charge in [-0.25, -0.2) is 4.39 Å². The second-order valence-electron chi connectivity index (χ2n) is 5.03. The molecule has 0 saturated heterocycles. The number of primary amides is 1. The van der Waals surface area contributed by atoms with E-state index in [-0.39, 0.29) is 22.9 Å². The summed E-state index contributed by atoms with van der Waals surface area (Å²) in [7, 11) is 0. The van der Waals surface area contributed by atoms with Crippen molar-refractivity contribution >= 4 is 11.6 Å². The third kappa shape index (κ3) is 3.13. The topological polar surface area (TPSA) is 78.3 Å². The molecule has 0 aliphatic heterocycles. The molecule has 0 radical (unpaired) electrons. The zero-order valence-electron chi connectivity index (χ0n) is 11.9. The Morgan fingerprint density at radius 1 is 1.19 bits per heavy atom. The number of carbonyl (C=O) groups excluding carboxylic acids is 1. The normalized spacial score (nSPS) is 10.7. The van der Waals surface area contributed by atoms with Crippen LogP contribution >= 0.6 is 0 Å². The summed E-state index contributed by atoms with van der Waals surface area (Å²) in [5, 5.41) is 0.